The zero-order chi connectivity index (χ0) is 20.7. The Kier molecular flexibility index (Phi) is 5.81. The van der Waals surface area contributed by atoms with Crippen molar-refractivity contribution < 1.29 is 19.1 Å². The van der Waals surface area contributed by atoms with E-state index in [1.807, 2.05) is 32.9 Å². The monoisotopic (exact) mass is 394 g/mol. The summed E-state index contributed by atoms with van der Waals surface area (Å²) in [6.07, 6.45) is -0.412. The molecule has 0 unspecified atom stereocenters. The Balaban J connectivity index is 2.01. The normalized spacial score (nSPS) is 17.4. The molecular weight excluding hydrogens is 360 g/mol. The molecule has 0 aromatic carbocycles. The molecule has 0 aliphatic carbocycles. The quantitative estimate of drug-likeness (QED) is 0.780. The Morgan fingerprint density at radius 1 is 1.22 bits per heavy atom. The zero-order valence-electron chi connectivity index (χ0n) is 17.9. The molecule has 0 atom stereocenters. The van der Waals surface area contributed by atoms with Gasteiger partial charge < -0.3 is 19.2 Å². The summed E-state index contributed by atoms with van der Waals surface area (Å²) < 4.78 is 11.6. The number of amides is 1. The maximum atomic E-state index is 12.1. The predicted molar refractivity (Wildman–Crippen MR) is 108 cm³/mol. The number of likely N-dealkylation sites (tertiary alicyclic amines) is 1. The average molecular weight is 395 g/mol. The van der Waals surface area contributed by atoms with E-state index in [4.69, 9.17) is 9.16 Å². The number of carbonyl (C=O) groups is 1. The highest BCUT2D eigenvalue weighted by atomic mass is 28.4. The minimum Gasteiger partial charge on any atom is -0.444 e. The van der Waals surface area contributed by atoms with E-state index in [-0.39, 0.29) is 18.1 Å². The number of nitrogens with zero attached hydrogens (tertiary/aromatic N) is 2. The summed E-state index contributed by atoms with van der Waals surface area (Å²) in [5, 5.41) is 11.0. The third-order valence-electron chi connectivity index (χ3n) is 5.23. The number of ether oxygens (including phenoxy) is 1. The molecular formula is C20H34N2O4Si. The van der Waals surface area contributed by atoms with Gasteiger partial charge in [0.2, 0.25) is 0 Å². The molecule has 1 amide bonds. The summed E-state index contributed by atoms with van der Waals surface area (Å²) in [6.45, 7) is 17.3. The van der Waals surface area contributed by atoms with Crippen LogP contribution in [0.2, 0.25) is 18.1 Å². The zero-order valence-corrected chi connectivity index (χ0v) is 18.9. The van der Waals surface area contributed by atoms with Crippen LogP contribution in [0, 0.1) is 0 Å². The molecule has 6 nitrogen and oxygen atoms in total. The largest absolute Gasteiger partial charge is 0.444 e. The highest BCUT2D eigenvalue weighted by Gasteiger charge is 2.47. The highest BCUT2D eigenvalue weighted by Crippen LogP contribution is 2.37. The summed E-state index contributed by atoms with van der Waals surface area (Å²) in [5.74, 6) is 0. The number of aliphatic hydroxyl groups is 1. The Morgan fingerprint density at radius 3 is 2.33 bits per heavy atom. The second-order valence-electron chi connectivity index (χ2n) is 9.93. The van der Waals surface area contributed by atoms with Gasteiger partial charge in [0.05, 0.1) is 31.1 Å². The Bertz CT molecular complexity index is 686. The molecule has 27 heavy (non-hydrogen) atoms. The number of hydrogen-bond donors (Lipinski definition) is 1. The lowest BCUT2D eigenvalue weighted by atomic mass is 9.90. The smallest absolute Gasteiger partial charge is 0.410 e. The van der Waals surface area contributed by atoms with Crippen LogP contribution >= 0.6 is 0 Å². The number of pyridine rings is 1. The number of carbonyl (C=O) groups excluding carboxylic acids is 1. The first kappa shape index (κ1) is 21.9. The van der Waals surface area contributed by atoms with Crippen molar-refractivity contribution in [1.29, 1.82) is 0 Å². The molecule has 1 N–H and O–H groups in total. The summed E-state index contributed by atoms with van der Waals surface area (Å²) in [6, 6.07) is 5.58. The van der Waals surface area contributed by atoms with E-state index in [0.717, 1.165) is 5.69 Å². The molecule has 1 saturated heterocycles. The van der Waals surface area contributed by atoms with E-state index >= 15 is 0 Å². The van der Waals surface area contributed by atoms with E-state index in [0.29, 0.717) is 12.3 Å². The van der Waals surface area contributed by atoms with Gasteiger partial charge in [-0.1, -0.05) is 26.8 Å². The van der Waals surface area contributed by atoms with Crippen molar-refractivity contribution in [2.24, 2.45) is 0 Å². The minimum absolute atomic E-state index is 0.130. The molecule has 1 aliphatic rings. The van der Waals surface area contributed by atoms with Gasteiger partial charge in [-0.25, -0.2) is 4.79 Å². The van der Waals surface area contributed by atoms with Crippen LogP contribution in [-0.2, 0) is 21.4 Å². The minimum atomic E-state index is -1.87. The fourth-order valence-corrected chi connectivity index (χ4v) is 3.43. The topological polar surface area (TPSA) is 71.9 Å². The van der Waals surface area contributed by atoms with E-state index in [1.165, 1.54) is 4.90 Å². The molecule has 152 valence electrons. The molecule has 2 rings (SSSR count). The standard InChI is InChI=1S/C20H34N2O4Si/c1-18(2,3)26-17(23)22-13-20(24,14-22)16-11-9-10-15(21-16)12-25-27(7,8)19(4,5)6/h9-11,24H,12-14H2,1-8H3. The summed E-state index contributed by atoms with van der Waals surface area (Å²) in [7, 11) is -1.87. The molecule has 1 aromatic heterocycles. The van der Waals surface area contributed by atoms with Gasteiger partial charge >= 0.3 is 6.09 Å². The predicted octanol–water partition coefficient (Wildman–Crippen LogP) is 4.04. The molecule has 0 saturated carbocycles. The summed E-state index contributed by atoms with van der Waals surface area (Å²) in [4.78, 5) is 18.2. The van der Waals surface area contributed by atoms with Crippen molar-refractivity contribution in [1.82, 2.24) is 9.88 Å². The summed E-state index contributed by atoms with van der Waals surface area (Å²) >= 11 is 0. The van der Waals surface area contributed by atoms with Gasteiger partial charge in [-0.15, -0.1) is 0 Å². The first-order valence-electron chi connectivity index (χ1n) is 9.44. The first-order valence-corrected chi connectivity index (χ1v) is 12.3. The SMILES string of the molecule is CC(C)(C)OC(=O)N1CC(O)(c2cccc(CO[Si](C)(C)C(C)(C)C)n2)C1. The average Bonchev–Trinajstić information content (AvgIpc) is 2.47. The van der Waals surface area contributed by atoms with Crippen LogP contribution in [0.4, 0.5) is 4.79 Å². The van der Waals surface area contributed by atoms with E-state index < -0.39 is 25.6 Å². The number of rotatable bonds is 4. The fraction of sp³-hybridized carbons (Fsp3) is 0.700. The van der Waals surface area contributed by atoms with Crippen LogP contribution < -0.4 is 0 Å². The van der Waals surface area contributed by atoms with Crippen molar-refractivity contribution >= 4 is 14.4 Å². The molecule has 0 bridgehead atoms. The summed E-state index contributed by atoms with van der Waals surface area (Å²) in [5.41, 5.74) is -0.325. The maximum Gasteiger partial charge on any atom is 0.410 e. The van der Waals surface area contributed by atoms with Gasteiger partial charge in [-0.05, 0) is 51.0 Å². The lowest BCUT2D eigenvalue weighted by Crippen LogP contribution is -2.62. The van der Waals surface area contributed by atoms with Gasteiger partial charge in [-0.2, -0.15) is 0 Å². The van der Waals surface area contributed by atoms with E-state index in [9.17, 15) is 9.90 Å². The van der Waals surface area contributed by atoms with E-state index in [1.54, 1.807) is 6.07 Å². The Morgan fingerprint density at radius 2 is 1.81 bits per heavy atom. The Labute approximate surface area is 164 Å². The molecule has 1 aromatic rings. The molecule has 0 radical (unpaired) electrons. The highest BCUT2D eigenvalue weighted by molar-refractivity contribution is 6.74. The molecule has 7 heteroatoms. The van der Waals surface area contributed by atoms with Crippen molar-refractivity contribution in [2.45, 2.75) is 77.5 Å². The van der Waals surface area contributed by atoms with Crippen LogP contribution in [0.15, 0.2) is 18.2 Å². The lowest BCUT2D eigenvalue weighted by molar-refractivity contribution is -0.106. The maximum absolute atomic E-state index is 12.1. The molecule has 2 heterocycles. The van der Waals surface area contributed by atoms with Gasteiger partial charge in [0.25, 0.3) is 0 Å². The number of hydrogen-bond acceptors (Lipinski definition) is 5. The number of β-amino-alcohol motifs (C(OH)–C–C–N with tert-alkyl or cyclic N) is 1. The van der Waals surface area contributed by atoms with Crippen molar-refractivity contribution in [3.63, 3.8) is 0 Å². The van der Waals surface area contributed by atoms with Crippen molar-refractivity contribution in [3.8, 4) is 0 Å². The third kappa shape index (κ3) is 5.30. The molecule has 0 spiro atoms. The van der Waals surface area contributed by atoms with Crippen LogP contribution in [0.25, 0.3) is 0 Å². The second-order valence-corrected chi connectivity index (χ2v) is 14.7. The number of aromatic nitrogens is 1. The third-order valence-corrected chi connectivity index (χ3v) is 9.71. The second kappa shape index (κ2) is 7.18. The van der Waals surface area contributed by atoms with Crippen molar-refractivity contribution in [2.75, 3.05) is 13.1 Å². The van der Waals surface area contributed by atoms with Crippen LogP contribution in [-0.4, -0.2) is 48.1 Å². The Hall–Kier alpha value is -1.44. The van der Waals surface area contributed by atoms with Crippen LogP contribution in [0.5, 0.6) is 0 Å². The fourth-order valence-electron chi connectivity index (χ4n) is 2.49. The molecule has 1 fully saturated rings. The van der Waals surface area contributed by atoms with Crippen LogP contribution in [0.1, 0.15) is 52.9 Å². The lowest BCUT2D eigenvalue weighted by Gasteiger charge is -2.45. The van der Waals surface area contributed by atoms with Crippen LogP contribution in [0.3, 0.4) is 0 Å². The van der Waals surface area contributed by atoms with Gasteiger partial charge in [0.1, 0.15) is 11.2 Å². The van der Waals surface area contributed by atoms with Gasteiger partial charge in [0.15, 0.2) is 8.32 Å². The van der Waals surface area contributed by atoms with Gasteiger partial charge in [-0.3, -0.25) is 4.98 Å². The van der Waals surface area contributed by atoms with Gasteiger partial charge in [0, 0.05) is 0 Å². The molecule has 1 aliphatic heterocycles. The first-order chi connectivity index (χ1) is 12.1. The van der Waals surface area contributed by atoms with E-state index in [2.05, 4.69) is 38.8 Å². The van der Waals surface area contributed by atoms with Crippen molar-refractivity contribution in [3.05, 3.63) is 29.6 Å².